The molecule has 0 unspecified atom stereocenters. The number of hydrogen-bond acceptors (Lipinski definition) is 4. The van der Waals surface area contributed by atoms with Crippen LogP contribution in [0.5, 0.6) is 0 Å². The first-order chi connectivity index (χ1) is 6.67. The average Bonchev–Trinajstić information content (AvgIpc) is 2.62. The van der Waals surface area contributed by atoms with E-state index >= 15 is 0 Å². The molecule has 0 saturated carbocycles. The first-order valence-electron chi connectivity index (χ1n) is 4.20. The van der Waals surface area contributed by atoms with E-state index in [1.54, 1.807) is 11.5 Å². The van der Waals surface area contributed by atoms with Crippen LogP contribution in [-0.4, -0.2) is 16.6 Å². The number of aliphatic hydroxyl groups excluding tert-OH is 1. The van der Waals surface area contributed by atoms with Crippen molar-refractivity contribution >= 4 is 22.4 Å². The molecule has 0 fully saturated rings. The van der Waals surface area contributed by atoms with Gasteiger partial charge in [-0.05, 0) is 17.6 Å². The SMILES string of the molecule is CCC(=Cc1csc([N+](=O)[O-])c1)CO. The number of thiophene rings is 1. The lowest BCUT2D eigenvalue weighted by molar-refractivity contribution is -0.380. The summed E-state index contributed by atoms with van der Waals surface area (Å²) in [5, 5.41) is 21.1. The lowest BCUT2D eigenvalue weighted by Gasteiger charge is -1.96. The van der Waals surface area contributed by atoms with Crippen LogP contribution in [-0.2, 0) is 0 Å². The second-order valence-electron chi connectivity index (χ2n) is 2.79. The van der Waals surface area contributed by atoms with E-state index in [1.165, 1.54) is 6.07 Å². The Labute approximate surface area is 85.7 Å². The smallest absolute Gasteiger partial charge is 0.324 e. The van der Waals surface area contributed by atoms with E-state index in [9.17, 15) is 10.1 Å². The van der Waals surface area contributed by atoms with Gasteiger partial charge in [-0.25, -0.2) is 0 Å². The molecule has 1 heterocycles. The molecule has 1 aromatic rings. The van der Waals surface area contributed by atoms with Crippen molar-refractivity contribution in [2.24, 2.45) is 0 Å². The highest BCUT2D eigenvalue weighted by molar-refractivity contribution is 7.13. The predicted octanol–water partition coefficient (Wildman–Crippen LogP) is 2.44. The molecule has 0 atom stereocenters. The molecule has 0 aliphatic heterocycles. The van der Waals surface area contributed by atoms with E-state index in [4.69, 9.17) is 5.11 Å². The Bertz CT molecular complexity index is 351. The van der Waals surface area contributed by atoms with E-state index in [-0.39, 0.29) is 11.6 Å². The highest BCUT2D eigenvalue weighted by atomic mass is 32.1. The lowest BCUT2D eigenvalue weighted by Crippen LogP contribution is -1.87. The summed E-state index contributed by atoms with van der Waals surface area (Å²) in [6.07, 6.45) is 2.53. The molecule has 1 aromatic heterocycles. The molecule has 1 rings (SSSR count). The zero-order valence-electron chi connectivity index (χ0n) is 7.77. The average molecular weight is 213 g/mol. The standard InChI is InChI=1S/C9H11NO3S/c1-2-7(5-11)3-8-4-9(10(12)13)14-6-8/h3-4,6,11H,2,5H2,1H3. The topological polar surface area (TPSA) is 63.4 Å². The van der Waals surface area contributed by atoms with E-state index in [1.807, 2.05) is 6.92 Å². The zero-order valence-corrected chi connectivity index (χ0v) is 8.58. The van der Waals surface area contributed by atoms with Gasteiger partial charge in [0, 0.05) is 11.4 Å². The van der Waals surface area contributed by atoms with Crippen LogP contribution in [0.1, 0.15) is 18.9 Å². The van der Waals surface area contributed by atoms with Crippen LogP contribution in [0.4, 0.5) is 5.00 Å². The number of nitrogens with zero attached hydrogens (tertiary/aromatic N) is 1. The van der Waals surface area contributed by atoms with Gasteiger partial charge in [0.2, 0.25) is 0 Å². The van der Waals surface area contributed by atoms with Crippen LogP contribution < -0.4 is 0 Å². The van der Waals surface area contributed by atoms with E-state index in [0.717, 1.165) is 28.9 Å². The third-order valence-electron chi connectivity index (χ3n) is 1.81. The van der Waals surface area contributed by atoms with Crippen LogP contribution in [0, 0.1) is 10.1 Å². The van der Waals surface area contributed by atoms with Crippen LogP contribution in [0.2, 0.25) is 0 Å². The van der Waals surface area contributed by atoms with E-state index in [2.05, 4.69) is 0 Å². The molecule has 0 amide bonds. The number of rotatable bonds is 4. The Morgan fingerprint density at radius 3 is 2.93 bits per heavy atom. The van der Waals surface area contributed by atoms with Gasteiger partial charge in [0.15, 0.2) is 0 Å². The molecule has 14 heavy (non-hydrogen) atoms. The second kappa shape index (κ2) is 4.88. The number of nitro groups is 1. The Hall–Kier alpha value is -1.20. The molecule has 0 aliphatic carbocycles. The molecule has 0 saturated heterocycles. The summed E-state index contributed by atoms with van der Waals surface area (Å²) in [5.74, 6) is 0. The highest BCUT2D eigenvalue weighted by Gasteiger charge is 2.08. The van der Waals surface area contributed by atoms with Crippen molar-refractivity contribution in [2.75, 3.05) is 6.61 Å². The Morgan fingerprint density at radius 1 is 1.79 bits per heavy atom. The molecule has 4 nitrogen and oxygen atoms in total. The maximum absolute atomic E-state index is 10.4. The maximum atomic E-state index is 10.4. The molecule has 1 N–H and O–H groups in total. The third kappa shape index (κ3) is 2.65. The fourth-order valence-electron chi connectivity index (χ4n) is 1.01. The van der Waals surface area contributed by atoms with Crippen molar-refractivity contribution in [3.8, 4) is 0 Å². The molecule has 5 heteroatoms. The van der Waals surface area contributed by atoms with Gasteiger partial charge in [-0.3, -0.25) is 10.1 Å². The first kappa shape index (κ1) is 10.9. The molecule has 0 aromatic carbocycles. The summed E-state index contributed by atoms with van der Waals surface area (Å²) in [6.45, 7) is 1.93. The van der Waals surface area contributed by atoms with Gasteiger partial charge < -0.3 is 5.11 Å². The van der Waals surface area contributed by atoms with Gasteiger partial charge in [-0.1, -0.05) is 24.3 Å². The van der Waals surface area contributed by atoms with Gasteiger partial charge in [-0.2, -0.15) is 0 Å². The summed E-state index contributed by atoms with van der Waals surface area (Å²) in [7, 11) is 0. The summed E-state index contributed by atoms with van der Waals surface area (Å²) < 4.78 is 0. The minimum Gasteiger partial charge on any atom is -0.392 e. The molecule has 76 valence electrons. The fourth-order valence-corrected chi connectivity index (χ4v) is 1.69. The van der Waals surface area contributed by atoms with Crippen LogP contribution in [0.15, 0.2) is 17.0 Å². The van der Waals surface area contributed by atoms with Crippen molar-refractivity contribution in [3.63, 3.8) is 0 Å². The van der Waals surface area contributed by atoms with Gasteiger partial charge in [0.25, 0.3) is 0 Å². The highest BCUT2D eigenvalue weighted by Crippen LogP contribution is 2.24. The van der Waals surface area contributed by atoms with Gasteiger partial charge in [-0.15, -0.1) is 0 Å². The first-order valence-corrected chi connectivity index (χ1v) is 5.08. The third-order valence-corrected chi connectivity index (χ3v) is 2.71. The summed E-state index contributed by atoms with van der Waals surface area (Å²) in [6, 6.07) is 1.51. The van der Waals surface area contributed by atoms with Crippen molar-refractivity contribution in [1.29, 1.82) is 0 Å². The largest absolute Gasteiger partial charge is 0.392 e. The van der Waals surface area contributed by atoms with Crippen molar-refractivity contribution in [2.45, 2.75) is 13.3 Å². The van der Waals surface area contributed by atoms with E-state index in [0.29, 0.717) is 0 Å². The number of hydrogen-bond donors (Lipinski definition) is 1. The monoisotopic (exact) mass is 213 g/mol. The summed E-state index contributed by atoms with van der Waals surface area (Å²) in [5.41, 5.74) is 1.66. The van der Waals surface area contributed by atoms with Crippen LogP contribution in [0.25, 0.3) is 6.08 Å². The molecule has 0 radical (unpaired) electrons. The molecule has 0 spiro atoms. The van der Waals surface area contributed by atoms with E-state index < -0.39 is 4.92 Å². The maximum Gasteiger partial charge on any atom is 0.324 e. The van der Waals surface area contributed by atoms with Gasteiger partial charge >= 0.3 is 5.00 Å². The van der Waals surface area contributed by atoms with Crippen LogP contribution in [0.3, 0.4) is 0 Å². The summed E-state index contributed by atoms with van der Waals surface area (Å²) in [4.78, 5) is 9.97. The Morgan fingerprint density at radius 2 is 2.50 bits per heavy atom. The molecule has 0 aliphatic rings. The Kier molecular flexibility index (Phi) is 3.79. The number of aliphatic hydroxyl groups is 1. The minimum absolute atomic E-state index is 0.000143. The Balaban J connectivity index is 2.87. The normalized spacial score (nSPS) is 11.7. The van der Waals surface area contributed by atoms with Gasteiger partial charge in [0.05, 0.1) is 11.5 Å². The fraction of sp³-hybridized carbons (Fsp3) is 0.333. The minimum atomic E-state index is -0.410. The lowest BCUT2D eigenvalue weighted by atomic mass is 10.1. The molecule has 0 bridgehead atoms. The summed E-state index contributed by atoms with van der Waals surface area (Å²) >= 11 is 1.10. The van der Waals surface area contributed by atoms with Crippen molar-refractivity contribution in [1.82, 2.24) is 0 Å². The van der Waals surface area contributed by atoms with Gasteiger partial charge in [0.1, 0.15) is 0 Å². The van der Waals surface area contributed by atoms with Crippen molar-refractivity contribution < 1.29 is 10.0 Å². The van der Waals surface area contributed by atoms with Crippen molar-refractivity contribution in [3.05, 3.63) is 32.7 Å². The van der Waals surface area contributed by atoms with Crippen LogP contribution >= 0.6 is 11.3 Å². The predicted molar refractivity (Wildman–Crippen MR) is 56.3 cm³/mol. The second-order valence-corrected chi connectivity index (χ2v) is 3.68. The molecular formula is C9H11NO3S. The molecular weight excluding hydrogens is 202 g/mol. The zero-order chi connectivity index (χ0) is 10.6. The quantitative estimate of drug-likeness (QED) is 0.617.